The van der Waals surface area contributed by atoms with Crippen molar-refractivity contribution in [2.75, 3.05) is 0 Å². The first kappa shape index (κ1) is 13.1. The molecule has 0 bridgehead atoms. The molecule has 2 unspecified atom stereocenters. The molecule has 1 N–H and O–H groups in total. The number of fused-ring (bicyclic) bond motifs is 1. The molecule has 2 aromatic heterocycles. The summed E-state index contributed by atoms with van der Waals surface area (Å²) in [6.07, 6.45) is 6.99. The summed E-state index contributed by atoms with van der Waals surface area (Å²) in [5.41, 5.74) is 2.02. The fraction of sp³-hybridized carbons (Fsp3) is 0.533. The van der Waals surface area contributed by atoms with E-state index in [4.69, 9.17) is 10.1 Å². The SMILES string of the molecule is CCCn1c(C2CCC(C(=O)O)C2)nc2cnccc21. The van der Waals surface area contributed by atoms with E-state index < -0.39 is 5.97 Å². The summed E-state index contributed by atoms with van der Waals surface area (Å²) < 4.78 is 2.24. The van der Waals surface area contributed by atoms with Crippen molar-refractivity contribution in [3.63, 3.8) is 0 Å². The van der Waals surface area contributed by atoms with E-state index >= 15 is 0 Å². The second-order valence-corrected chi connectivity index (χ2v) is 5.53. The molecule has 0 radical (unpaired) electrons. The molecule has 1 aliphatic carbocycles. The minimum atomic E-state index is -0.674. The molecule has 2 aromatic rings. The molecule has 5 heteroatoms. The smallest absolute Gasteiger partial charge is 0.306 e. The number of aryl methyl sites for hydroxylation is 1. The maximum atomic E-state index is 11.1. The van der Waals surface area contributed by atoms with Crippen molar-refractivity contribution in [1.29, 1.82) is 0 Å². The molecule has 0 aromatic carbocycles. The van der Waals surface area contributed by atoms with Gasteiger partial charge >= 0.3 is 5.97 Å². The molecule has 106 valence electrons. The molecule has 2 heterocycles. The summed E-state index contributed by atoms with van der Waals surface area (Å²) in [5, 5.41) is 9.15. The maximum absolute atomic E-state index is 11.1. The van der Waals surface area contributed by atoms with Crippen molar-refractivity contribution in [2.45, 2.75) is 45.1 Å². The fourth-order valence-corrected chi connectivity index (χ4v) is 3.21. The summed E-state index contributed by atoms with van der Waals surface area (Å²) in [7, 11) is 0. The van der Waals surface area contributed by atoms with Crippen LogP contribution >= 0.6 is 0 Å². The monoisotopic (exact) mass is 273 g/mol. The molecular formula is C15H19N3O2. The molecule has 0 spiro atoms. The Morgan fingerprint density at radius 2 is 2.35 bits per heavy atom. The van der Waals surface area contributed by atoms with Crippen molar-refractivity contribution in [2.24, 2.45) is 5.92 Å². The van der Waals surface area contributed by atoms with E-state index in [0.717, 1.165) is 42.7 Å². The average molecular weight is 273 g/mol. The van der Waals surface area contributed by atoms with Gasteiger partial charge in [-0.3, -0.25) is 9.78 Å². The van der Waals surface area contributed by atoms with Crippen molar-refractivity contribution in [3.05, 3.63) is 24.3 Å². The maximum Gasteiger partial charge on any atom is 0.306 e. The highest BCUT2D eigenvalue weighted by Crippen LogP contribution is 2.39. The van der Waals surface area contributed by atoms with E-state index in [1.165, 1.54) is 0 Å². The van der Waals surface area contributed by atoms with E-state index in [0.29, 0.717) is 6.42 Å². The Bertz CT molecular complexity index is 635. The first-order valence-electron chi connectivity index (χ1n) is 7.23. The van der Waals surface area contributed by atoms with Crippen LogP contribution in [0.1, 0.15) is 44.3 Å². The van der Waals surface area contributed by atoms with Gasteiger partial charge in [-0.15, -0.1) is 0 Å². The predicted octanol–water partition coefficient (Wildman–Crippen LogP) is 2.81. The van der Waals surface area contributed by atoms with E-state index in [-0.39, 0.29) is 11.8 Å². The summed E-state index contributed by atoms with van der Waals surface area (Å²) in [4.78, 5) is 20.0. The summed E-state index contributed by atoms with van der Waals surface area (Å²) in [6, 6.07) is 1.99. The van der Waals surface area contributed by atoms with Crippen LogP contribution in [0.5, 0.6) is 0 Å². The third kappa shape index (κ3) is 2.17. The van der Waals surface area contributed by atoms with Crippen molar-refractivity contribution in [3.8, 4) is 0 Å². The molecule has 1 saturated carbocycles. The summed E-state index contributed by atoms with van der Waals surface area (Å²) in [5.74, 6) is 0.411. The molecular weight excluding hydrogens is 254 g/mol. The lowest BCUT2D eigenvalue weighted by molar-refractivity contribution is -0.141. The summed E-state index contributed by atoms with van der Waals surface area (Å²) in [6.45, 7) is 3.07. The number of imidazole rings is 1. The molecule has 1 fully saturated rings. The largest absolute Gasteiger partial charge is 0.481 e. The topological polar surface area (TPSA) is 68.0 Å². The van der Waals surface area contributed by atoms with Crippen LogP contribution in [-0.4, -0.2) is 25.6 Å². The van der Waals surface area contributed by atoms with Gasteiger partial charge in [0.15, 0.2) is 0 Å². The average Bonchev–Trinajstić information content (AvgIpc) is 3.04. The number of rotatable bonds is 4. The van der Waals surface area contributed by atoms with Crippen molar-refractivity contribution < 1.29 is 9.90 Å². The molecule has 2 atom stereocenters. The van der Waals surface area contributed by atoms with Gasteiger partial charge in [0, 0.05) is 18.7 Å². The Morgan fingerprint density at radius 1 is 1.50 bits per heavy atom. The van der Waals surface area contributed by atoms with Gasteiger partial charge in [-0.25, -0.2) is 4.98 Å². The van der Waals surface area contributed by atoms with E-state index in [1.807, 2.05) is 6.07 Å². The zero-order chi connectivity index (χ0) is 14.1. The van der Waals surface area contributed by atoms with Crippen LogP contribution in [0.3, 0.4) is 0 Å². The highest BCUT2D eigenvalue weighted by atomic mass is 16.4. The first-order chi connectivity index (χ1) is 9.70. The molecule has 0 saturated heterocycles. The quantitative estimate of drug-likeness (QED) is 0.930. The highest BCUT2D eigenvalue weighted by Gasteiger charge is 2.33. The lowest BCUT2D eigenvalue weighted by Gasteiger charge is -2.13. The number of carboxylic acid groups (broad SMARTS) is 1. The Morgan fingerprint density at radius 3 is 3.05 bits per heavy atom. The van der Waals surface area contributed by atoms with E-state index in [2.05, 4.69) is 16.5 Å². The third-order valence-electron chi connectivity index (χ3n) is 4.17. The zero-order valence-electron chi connectivity index (χ0n) is 11.6. The molecule has 0 amide bonds. The van der Waals surface area contributed by atoms with Crippen LogP contribution in [0.4, 0.5) is 0 Å². The van der Waals surface area contributed by atoms with Gasteiger partial charge in [0.25, 0.3) is 0 Å². The Balaban J connectivity index is 1.98. The lowest BCUT2D eigenvalue weighted by Crippen LogP contribution is -2.11. The molecule has 3 rings (SSSR count). The summed E-state index contributed by atoms with van der Waals surface area (Å²) >= 11 is 0. The van der Waals surface area contributed by atoms with Crippen molar-refractivity contribution in [1.82, 2.24) is 14.5 Å². The Labute approximate surface area is 117 Å². The fourth-order valence-electron chi connectivity index (χ4n) is 3.21. The van der Waals surface area contributed by atoms with Crippen LogP contribution in [0, 0.1) is 5.92 Å². The minimum absolute atomic E-state index is 0.215. The lowest BCUT2D eigenvalue weighted by atomic mass is 10.0. The predicted molar refractivity (Wildman–Crippen MR) is 75.5 cm³/mol. The van der Waals surface area contributed by atoms with Gasteiger partial charge in [-0.05, 0) is 31.7 Å². The minimum Gasteiger partial charge on any atom is -0.481 e. The van der Waals surface area contributed by atoms with Gasteiger partial charge in [0.2, 0.25) is 0 Å². The highest BCUT2D eigenvalue weighted by molar-refractivity contribution is 5.75. The van der Waals surface area contributed by atoms with Crippen LogP contribution < -0.4 is 0 Å². The van der Waals surface area contributed by atoms with Gasteiger partial charge in [0.1, 0.15) is 11.3 Å². The van der Waals surface area contributed by atoms with Gasteiger partial charge < -0.3 is 9.67 Å². The first-order valence-corrected chi connectivity index (χ1v) is 7.23. The number of aromatic nitrogens is 3. The van der Waals surface area contributed by atoms with Crippen LogP contribution in [0.2, 0.25) is 0 Å². The number of carboxylic acids is 1. The van der Waals surface area contributed by atoms with Crippen LogP contribution in [0.25, 0.3) is 11.0 Å². The normalized spacial score (nSPS) is 22.4. The number of pyridine rings is 1. The van der Waals surface area contributed by atoms with Gasteiger partial charge in [0.05, 0.1) is 17.6 Å². The second-order valence-electron chi connectivity index (χ2n) is 5.53. The number of carbonyl (C=O) groups is 1. The molecule has 1 aliphatic rings. The molecule has 20 heavy (non-hydrogen) atoms. The zero-order valence-corrected chi connectivity index (χ0v) is 11.6. The number of aliphatic carboxylic acids is 1. The van der Waals surface area contributed by atoms with Crippen molar-refractivity contribution >= 4 is 17.0 Å². The van der Waals surface area contributed by atoms with Crippen LogP contribution in [0.15, 0.2) is 18.5 Å². The standard InChI is InChI=1S/C15H19N3O2/c1-2-7-18-13-5-6-16-9-12(13)17-14(18)10-3-4-11(8-10)15(19)20/h5-6,9-11H,2-4,7-8H2,1H3,(H,19,20). The van der Waals surface area contributed by atoms with Gasteiger partial charge in [-0.1, -0.05) is 6.92 Å². The Kier molecular flexibility index (Phi) is 3.42. The van der Waals surface area contributed by atoms with E-state index in [9.17, 15) is 4.79 Å². The number of hydrogen-bond acceptors (Lipinski definition) is 3. The second kappa shape index (κ2) is 5.23. The van der Waals surface area contributed by atoms with E-state index in [1.54, 1.807) is 12.4 Å². The van der Waals surface area contributed by atoms with Crippen LogP contribution in [-0.2, 0) is 11.3 Å². The molecule has 5 nitrogen and oxygen atoms in total. The Hall–Kier alpha value is -1.91. The van der Waals surface area contributed by atoms with Gasteiger partial charge in [-0.2, -0.15) is 0 Å². The number of hydrogen-bond donors (Lipinski definition) is 1. The number of nitrogens with zero attached hydrogens (tertiary/aromatic N) is 3. The third-order valence-corrected chi connectivity index (χ3v) is 4.17. The molecule has 0 aliphatic heterocycles.